The summed E-state index contributed by atoms with van der Waals surface area (Å²) in [4.78, 5) is 13.9. The zero-order valence-corrected chi connectivity index (χ0v) is 13.0. The lowest BCUT2D eigenvalue weighted by Crippen LogP contribution is -2.50. The van der Waals surface area contributed by atoms with Crippen molar-refractivity contribution in [1.82, 2.24) is 4.90 Å². The van der Waals surface area contributed by atoms with Crippen LogP contribution in [0.3, 0.4) is 0 Å². The molecule has 1 aliphatic heterocycles. The number of piperidine rings is 1. The van der Waals surface area contributed by atoms with Gasteiger partial charge in [0.15, 0.2) is 6.61 Å². The first kappa shape index (κ1) is 17.6. The van der Waals surface area contributed by atoms with E-state index >= 15 is 0 Å². The van der Waals surface area contributed by atoms with Crippen molar-refractivity contribution in [2.45, 2.75) is 32.0 Å². The Morgan fingerprint density at radius 3 is 2.74 bits per heavy atom. The Morgan fingerprint density at radius 2 is 2.09 bits per heavy atom. The van der Waals surface area contributed by atoms with Gasteiger partial charge in [-0.1, -0.05) is 19.1 Å². The van der Waals surface area contributed by atoms with E-state index in [0.29, 0.717) is 19.0 Å². The molecular formula is C16H21F3N2O2. The number of likely N-dealkylation sites (tertiary alicyclic amines) is 1. The number of carbonyl (C=O) groups is 1. The summed E-state index contributed by atoms with van der Waals surface area (Å²) < 4.78 is 43.8. The number of rotatable bonds is 4. The minimum Gasteiger partial charge on any atom is -0.483 e. The number of para-hydroxylation sites is 1. The number of nitrogens with two attached hydrogens (primary N) is 1. The summed E-state index contributed by atoms with van der Waals surface area (Å²) >= 11 is 0. The molecule has 1 fully saturated rings. The Kier molecular flexibility index (Phi) is 5.51. The van der Waals surface area contributed by atoms with Gasteiger partial charge in [-0.2, -0.15) is 13.2 Å². The molecule has 1 heterocycles. The quantitative estimate of drug-likeness (QED) is 0.923. The maximum Gasteiger partial charge on any atom is 0.419 e. The highest BCUT2D eigenvalue weighted by atomic mass is 19.4. The standard InChI is InChI=1S/C16H21F3N2O2/c1-11-6-7-21(12(8-11)9-20)15(22)10-23-14-5-3-2-4-13(14)16(17,18)19/h2-5,11-12H,6-10,20H2,1H3. The zero-order chi connectivity index (χ0) is 17.0. The van der Waals surface area contributed by atoms with Gasteiger partial charge in [-0.25, -0.2) is 0 Å². The van der Waals surface area contributed by atoms with Crippen LogP contribution in [0.2, 0.25) is 0 Å². The molecule has 1 aromatic carbocycles. The summed E-state index contributed by atoms with van der Waals surface area (Å²) in [5.74, 6) is -0.174. The average Bonchev–Trinajstić information content (AvgIpc) is 2.51. The topological polar surface area (TPSA) is 55.6 Å². The lowest BCUT2D eigenvalue weighted by atomic mass is 9.92. The Bertz CT molecular complexity index is 548. The third-order valence-electron chi connectivity index (χ3n) is 4.11. The molecule has 23 heavy (non-hydrogen) atoms. The molecule has 128 valence electrons. The fraction of sp³-hybridized carbons (Fsp3) is 0.562. The Hall–Kier alpha value is -1.76. The van der Waals surface area contributed by atoms with Crippen molar-refractivity contribution in [2.75, 3.05) is 19.7 Å². The summed E-state index contributed by atoms with van der Waals surface area (Å²) in [6.45, 7) is 2.58. The number of alkyl halides is 3. The second-order valence-corrected chi connectivity index (χ2v) is 5.89. The molecule has 1 aliphatic rings. The molecule has 0 bridgehead atoms. The summed E-state index contributed by atoms with van der Waals surface area (Å²) in [6, 6.07) is 4.81. The van der Waals surface area contributed by atoms with Gasteiger partial charge >= 0.3 is 6.18 Å². The fourth-order valence-electron chi connectivity index (χ4n) is 2.85. The molecule has 0 aliphatic carbocycles. The second-order valence-electron chi connectivity index (χ2n) is 5.89. The van der Waals surface area contributed by atoms with E-state index in [9.17, 15) is 18.0 Å². The zero-order valence-electron chi connectivity index (χ0n) is 13.0. The summed E-state index contributed by atoms with van der Waals surface area (Å²) in [5.41, 5.74) is 4.82. The number of carbonyl (C=O) groups excluding carboxylic acids is 1. The Labute approximate surface area is 133 Å². The van der Waals surface area contributed by atoms with Gasteiger partial charge < -0.3 is 15.4 Å². The molecule has 2 atom stereocenters. The van der Waals surface area contributed by atoms with E-state index in [2.05, 4.69) is 6.92 Å². The van der Waals surface area contributed by atoms with Crippen LogP contribution < -0.4 is 10.5 Å². The van der Waals surface area contributed by atoms with Gasteiger partial charge in [0.25, 0.3) is 5.91 Å². The molecule has 0 radical (unpaired) electrons. The van der Waals surface area contributed by atoms with E-state index in [-0.39, 0.29) is 17.7 Å². The normalized spacial score (nSPS) is 22.0. The fourth-order valence-corrected chi connectivity index (χ4v) is 2.85. The number of amides is 1. The predicted octanol–water partition coefficient (Wildman–Crippen LogP) is 2.67. The van der Waals surface area contributed by atoms with Gasteiger partial charge in [0, 0.05) is 19.1 Å². The van der Waals surface area contributed by atoms with Crippen molar-refractivity contribution in [3.63, 3.8) is 0 Å². The van der Waals surface area contributed by atoms with Gasteiger partial charge in [-0.05, 0) is 30.9 Å². The van der Waals surface area contributed by atoms with Crippen LogP contribution in [0.4, 0.5) is 13.2 Å². The van der Waals surface area contributed by atoms with Gasteiger partial charge in [0.2, 0.25) is 0 Å². The first-order valence-corrected chi connectivity index (χ1v) is 7.61. The largest absolute Gasteiger partial charge is 0.483 e. The Balaban J connectivity index is 2.02. The highest BCUT2D eigenvalue weighted by Crippen LogP contribution is 2.35. The van der Waals surface area contributed by atoms with Gasteiger partial charge in [0.05, 0.1) is 5.56 Å². The Morgan fingerprint density at radius 1 is 1.39 bits per heavy atom. The third kappa shape index (κ3) is 4.37. The van der Waals surface area contributed by atoms with Crippen molar-refractivity contribution in [3.05, 3.63) is 29.8 Å². The molecule has 0 spiro atoms. The van der Waals surface area contributed by atoms with Crippen LogP contribution in [-0.4, -0.2) is 36.5 Å². The van der Waals surface area contributed by atoms with E-state index in [1.54, 1.807) is 4.90 Å². The number of nitrogens with zero attached hydrogens (tertiary/aromatic N) is 1. The van der Waals surface area contributed by atoms with Crippen LogP contribution in [0, 0.1) is 5.92 Å². The van der Waals surface area contributed by atoms with Gasteiger partial charge in [-0.15, -0.1) is 0 Å². The van der Waals surface area contributed by atoms with E-state index in [1.807, 2.05) is 0 Å². The first-order chi connectivity index (χ1) is 10.8. The average molecular weight is 330 g/mol. The molecule has 7 heteroatoms. The molecular weight excluding hydrogens is 309 g/mol. The van der Waals surface area contributed by atoms with Crippen molar-refractivity contribution >= 4 is 5.91 Å². The highest BCUT2D eigenvalue weighted by molar-refractivity contribution is 5.78. The van der Waals surface area contributed by atoms with E-state index in [0.717, 1.165) is 18.9 Å². The van der Waals surface area contributed by atoms with Crippen molar-refractivity contribution < 1.29 is 22.7 Å². The molecule has 1 amide bonds. The smallest absolute Gasteiger partial charge is 0.419 e. The third-order valence-corrected chi connectivity index (χ3v) is 4.11. The van der Waals surface area contributed by atoms with Gasteiger partial charge in [-0.3, -0.25) is 4.79 Å². The van der Waals surface area contributed by atoms with Crippen molar-refractivity contribution in [2.24, 2.45) is 11.7 Å². The molecule has 1 saturated heterocycles. The lowest BCUT2D eigenvalue weighted by molar-refractivity contribution is -0.142. The maximum atomic E-state index is 12.9. The molecule has 0 aromatic heterocycles. The molecule has 0 saturated carbocycles. The maximum absolute atomic E-state index is 12.9. The van der Waals surface area contributed by atoms with Crippen LogP contribution >= 0.6 is 0 Å². The van der Waals surface area contributed by atoms with Crippen molar-refractivity contribution in [1.29, 1.82) is 0 Å². The molecule has 4 nitrogen and oxygen atoms in total. The number of hydrogen-bond donors (Lipinski definition) is 1. The van der Waals surface area contributed by atoms with Crippen molar-refractivity contribution in [3.8, 4) is 5.75 Å². The van der Waals surface area contributed by atoms with Crippen LogP contribution in [0.1, 0.15) is 25.3 Å². The van der Waals surface area contributed by atoms with E-state index in [1.165, 1.54) is 18.2 Å². The van der Waals surface area contributed by atoms with Crippen LogP contribution in [0.25, 0.3) is 0 Å². The predicted molar refractivity (Wildman–Crippen MR) is 79.9 cm³/mol. The number of halogens is 3. The molecule has 1 aromatic rings. The van der Waals surface area contributed by atoms with Crippen LogP contribution in [0.5, 0.6) is 5.75 Å². The van der Waals surface area contributed by atoms with Crippen LogP contribution in [-0.2, 0) is 11.0 Å². The summed E-state index contributed by atoms with van der Waals surface area (Å²) in [7, 11) is 0. The van der Waals surface area contributed by atoms with Crippen LogP contribution in [0.15, 0.2) is 24.3 Å². The number of benzene rings is 1. The number of ether oxygens (including phenoxy) is 1. The molecule has 2 rings (SSSR count). The summed E-state index contributed by atoms with van der Waals surface area (Å²) in [5, 5.41) is 0. The summed E-state index contributed by atoms with van der Waals surface area (Å²) in [6.07, 6.45) is -2.84. The minimum absolute atomic E-state index is 0.0762. The molecule has 2 unspecified atom stereocenters. The first-order valence-electron chi connectivity index (χ1n) is 7.61. The lowest BCUT2D eigenvalue weighted by Gasteiger charge is -2.37. The SMILES string of the molecule is CC1CCN(C(=O)COc2ccccc2C(F)(F)F)C(CN)C1. The monoisotopic (exact) mass is 330 g/mol. The second kappa shape index (κ2) is 7.21. The minimum atomic E-state index is -4.51. The van der Waals surface area contributed by atoms with E-state index in [4.69, 9.17) is 10.5 Å². The number of hydrogen-bond acceptors (Lipinski definition) is 3. The highest BCUT2D eigenvalue weighted by Gasteiger charge is 2.34. The van der Waals surface area contributed by atoms with Gasteiger partial charge in [0.1, 0.15) is 5.75 Å². The van der Waals surface area contributed by atoms with E-state index < -0.39 is 18.3 Å². The molecule has 2 N–H and O–H groups in total.